The zero-order chi connectivity index (χ0) is 13.4. The van der Waals surface area contributed by atoms with Gasteiger partial charge in [0.15, 0.2) is 5.65 Å². The van der Waals surface area contributed by atoms with Crippen LogP contribution in [0.4, 0.5) is 5.82 Å². The summed E-state index contributed by atoms with van der Waals surface area (Å²) in [5.41, 5.74) is 8.03. The van der Waals surface area contributed by atoms with E-state index in [1.807, 2.05) is 0 Å². The quantitative estimate of drug-likeness (QED) is 0.814. The Morgan fingerprint density at radius 1 is 1.21 bits per heavy atom. The van der Waals surface area contributed by atoms with Gasteiger partial charge < -0.3 is 5.73 Å². The zero-order valence-electron chi connectivity index (χ0n) is 11.8. The summed E-state index contributed by atoms with van der Waals surface area (Å²) >= 11 is 0. The van der Waals surface area contributed by atoms with Gasteiger partial charge in [0.25, 0.3) is 0 Å². The third-order valence-corrected chi connectivity index (χ3v) is 4.18. The Morgan fingerprint density at radius 3 is 2.53 bits per heavy atom. The van der Waals surface area contributed by atoms with Crippen molar-refractivity contribution in [2.45, 2.75) is 64.3 Å². The lowest BCUT2D eigenvalue weighted by Crippen LogP contribution is -2.11. The van der Waals surface area contributed by atoms with Crippen LogP contribution in [-0.4, -0.2) is 20.0 Å². The number of rotatable bonds is 2. The Kier molecular flexibility index (Phi) is 3.21. The van der Waals surface area contributed by atoms with Gasteiger partial charge in [0.05, 0.1) is 17.1 Å². The first-order chi connectivity index (χ1) is 9.18. The Hall–Kier alpha value is -1.52. The zero-order valence-corrected chi connectivity index (χ0v) is 11.8. The SMILES string of the molecule is CC(C)c1nn(C2CCCCCC2)c2n[nH]c(N)c12. The topological polar surface area (TPSA) is 72.5 Å². The minimum absolute atomic E-state index is 0.370. The van der Waals surface area contributed by atoms with Gasteiger partial charge in [0.1, 0.15) is 5.82 Å². The van der Waals surface area contributed by atoms with Crippen LogP contribution in [0.2, 0.25) is 0 Å². The average molecular weight is 261 g/mol. The number of nitrogens with two attached hydrogens (primary N) is 1. The molecule has 104 valence electrons. The fourth-order valence-corrected chi connectivity index (χ4v) is 3.14. The van der Waals surface area contributed by atoms with E-state index in [1.165, 1.54) is 38.5 Å². The molecule has 2 heterocycles. The second-order valence-electron chi connectivity index (χ2n) is 5.97. The number of H-pyrrole nitrogens is 1. The van der Waals surface area contributed by atoms with E-state index in [2.05, 4.69) is 28.7 Å². The van der Waals surface area contributed by atoms with Crippen LogP contribution in [0, 0.1) is 0 Å². The molecule has 0 saturated heterocycles. The number of nitrogen functional groups attached to an aromatic ring is 1. The lowest BCUT2D eigenvalue weighted by Gasteiger charge is -2.14. The van der Waals surface area contributed by atoms with E-state index < -0.39 is 0 Å². The largest absolute Gasteiger partial charge is 0.383 e. The predicted molar refractivity (Wildman–Crippen MR) is 77.1 cm³/mol. The first-order valence-electron chi connectivity index (χ1n) is 7.40. The van der Waals surface area contributed by atoms with Gasteiger partial charge in [-0.1, -0.05) is 39.5 Å². The van der Waals surface area contributed by atoms with Crippen molar-refractivity contribution < 1.29 is 0 Å². The molecule has 0 aromatic carbocycles. The van der Waals surface area contributed by atoms with Crippen molar-refractivity contribution in [3.05, 3.63) is 5.69 Å². The highest BCUT2D eigenvalue weighted by Crippen LogP contribution is 2.33. The van der Waals surface area contributed by atoms with Crippen LogP contribution in [0.1, 0.15) is 70.0 Å². The van der Waals surface area contributed by atoms with Crippen molar-refractivity contribution in [1.29, 1.82) is 0 Å². The van der Waals surface area contributed by atoms with E-state index in [0.717, 1.165) is 16.7 Å². The van der Waals surface area contributed by atoms with Crippen molar-refractivity contribution in [3.63, 3.8) is 0 Å². The number of hydrogen-bond acceptors (Lipinski definition) is 3. The van der Waals surface area contributed by atoms with E-state index >= 15 is 0 Å². The monoisotopic (exact) mass is 261 g/mol. The van der Waals surface area contributed by atoms with Gasteiger partial charge in [-0.25, -0.2) is 4.68 Å². The van der Waals surface area contributed by atoms with Crippen molar-refractivity contribution in [2.24, 2.45) is 0 Å². The fraction of sp³-hybridized carbons (Fsp3) is 0.714. The van der Waals surface area contributed by atoms with Crippen molar-refractivity contribution >= 4 is 16.9 Å². The average Bonchev–Trinajstić information content (AvgIpc) is 2.81. The molecule has 0 radical (unpaired) electrons. The van der Waals surface area contributed by atoms with Gasteiger partial charge in [-0.2, -0.15) is 10.2 Å². The molecular weight excluding hydrogens is 238 g/mol. The molecule has 0 amide bonds. The molecule has 1 aliphatic rings. The highest BCUT2D eigenvalue weighted by Gasteiger charge is 2.23. The highest BCUT2D eigenvalue weighted by molar-refractivity contribution is 5.89. The maximum Gasteiger partial charge on any atom is 0.182 e. The number of aromatic nitrogens is 4. The van der Waals surface area contributed by atoms with Gasteiger partial charge in [-0.15, -0.1) is 0 Å². The summed E-state index contributed by atoms with van der Waals surface area (Å²) in [6.07, 6.45) is 7.70. The normalized spacial score (nSPS) is 18.3. The van der Waals surface area contributed by atoms with E-state index in [-0.39, 0.29) is 0 Å². The van der Waals surface area contributed by atoms with Crippen LogP contribution in [0.25, 0.3) is 11.0 Å². The molecule has 5 heteroatoms. The highest BCUT2D eigenvalue weighted by atomic mass is 15.4. The van der Waals surface area contributed by atoms with E-state index in [1.54, 1.807) is 0 Å². The lowest BCUT2D eigenvalue weighted by atomic mass is 10.1. The minimum atomic E-state index is 0.370. The Labute approximate surface area is 113 Å². The summed E-state index contributed by atoms with van der Waals surface area (Å²) < 4.78 is 2.13. The molecule has 5 nitrogen and oxygen atoms in total. The van der Waals surface area contributed by atoms with Crippen LogP contribution in [0.3, 0.4) is 0 Å². The smallest absolute Gasteiger partial charge is 0.182 e. The Bertz CT molecular complexity index is 558. The van der Waals surface area contributed by atoms with E-state index in [4.69, 9.17) is 10.8 Å². The van der Waals surface area contributed by atoms with Crippen LogP contribution in [0.5, 0.6) is 0 Å². The summed E-state index contributed by atoms with van der Waals surface area (Å²) in [6, 6.07) is 0.486. The van der Waals surface area contributed by atoms with Crippen molar-refractivity contribution in [2.75, 3.05) is 5.73 Å². The van der Waals surface area contributed by atoms with Gasteiger partial charge in [0.2, 0.25) is 0 Å². The van der Waals surface area contributed by atoms with Gasteiger partial charge in [-0.3, -0.25) is 5.10 Å². The molecule has 2 aromatic heterocycles. The minimum Gasteiger partial charge on any atom is -0.383 e. The van der Waals surface area contributed by atoms with Crippen LogP contribution >= 0.6 is 0 Å². The molecule has 2 aromatic rings. The standard InChI is InChI=1S/C14H23N5/c1-9(2)12-11-13(15)16-17-14(11)19(18-12)10-7-5-3-4-6-8-10/h9-10H,3-8H2,1-2H3,(H3,15,16,17). The maximum atomic E-state index is 6.02. The molecule has 19 heavy (non-hydrogen) atoms. The maximum absolute atomic E-state index is 6.02. The molecule has 0 spiro atoms. The number of nitrogens with zero attached hydrogens (tertiary/aromatic N) is 3. The van der Waals surface area contributed by atoms with Crippen LogP contribution < -0.4 is 5.73 Å². The summed E-state index contributed by atoms with van der Waals surface area (Å²) in [4.78, 5) is 0. The number of hydrogen-bond donors (Lipinski definition) is 2. The Morgan fingerprint density at radius 2 is 1.89 bits per heavy atom. The number of nitrogens with one attached hydrogen (secondary N) is 1. The third kappa shape index (κ3) is 2.11. The second kappa shape index (κ2) is 4.87. The summed E-state index contributed by atoms with van der Waals surface area (Å²) in [6.45, 7) is 4.32. The van der Waals surface area contributed by atoms with Gasteiger partial charge in [-0.05, 0) is 18.8 Å². The van der Waals surface area contributed by atoms with Crippen molar-refractivity contribution in [3.8, 4) is 0 Å². The van der Waals surface area contributed by atoms with Crippen LogP contribution in [0.15, 0.2) is 0 Å². The fourth-order valence-electron chi connectivity index (χ4n) is 3.14. The third-order valence-electron chi connectivity index (χ3n) is 4.18. The molecular formula is C14H23N5. The molecule has 0 bridgehead atoms. The first kappa shape index (κ1) is 12.5. The summed E-state index contributed by atoms with van der Waals surface area (Å²) in [7, 11) is 0. The molecule has 1 saturated carbocycles. The summed E-state index contributed by atoms with van der Waals surface area (Å²) in [5, 5.41) is 13.1. The predicted octanol–water partition coefficient (Wildman–Crippen LogP) is 3.36. The van der Waals surface area contributed by atoms with Gasteiger partial charge in [0, 0.05) is 0 Å². The molecule has 1 aliphatic carbocycles. The molecule has 0 unspecified atom stereocenters. The Balaban J connectivity index is 2.07. The second-order valence-corrected chi connectivity index (χ2v) is 5.97. The number of fused-ring (bicyclic) bond motifs is 1. The molecule has 0 atom stereocenters. The van der Waals surface area contributed by atoms with Gasteiger partial charge >= 0.3 is 0 Å². The van der Waals surface area contributed by atoms with Crippen LogP contribution in [-0.2, 0) is 0 Å². The number of anilines is 1. The molecule has 3 N–H and O–H groups in total. The molecule has 0 aliphatic heterocycles. The van der Waals surface area contributed by atoms with E-state index in [0.29, 0.717) is 17.8 Å². The first-order valence-corrected chi connectivity index (χ1v) is 7.40. The molecule has 1 fully saturated rings. The summed E-state index contributed by atoms with van der Waals surface area (Å²) in [5.74, 6) is 1.02. The van der Waals surface area contributed by atoms with Crippen molar-refractivity contribution in [1.82, 2.24) is 20.0 Å². The van der Waals surface area contributed by atoms with E-state index in [9.17, 15) is 0 Å². The molecule has 3 rings (SSSR count). The lowest BCUT2D eigenvalue weighted by molar-refractivity contribution is 0.410. The number of aromatic amines is 1.